The molecule has 0 saturated heterocycles. The monoisotopic (exact) mass is 1400 g/mol. The van der Waals surface area contributed by atoms with Gasteiger partial charge in [-0.3, -0.25) is 9.47 Å². The van der Waals surface area contributed by atoms with Gasteiger partial charge in [-0.1, -0.05) is 316 Å². The zero-order valence-electron chi connectivity index (χ0n) is 59.0. The molecule has 19 aromatic rings. The first-order valence-electron chi connectivity index (χ1n) is 36.2. The molecule has 12 heteroatoms. The summed E-state index contributed by atoms with van der Waals surface area (Å²) >= 11 is 0. The summed E-state index contributed by atoms with van der Waals surface area (Å²) in [5.41, 5.74) is 19.9. The van der Waals surface area contributed by atoms with Gasteiger partial charge in [0, 0.05) is 78.7 Å². The second-order valence-electron chi connectivity index (χ2n) is 27.4. The van der Waals surface area contributed by atoms with Gasteiger partial charge in [0.1, 0.15) is 30.9 Å². The summed E-state index contributed by atoms with van der Waals surface area (Å²) in [6.07, 6.45) is 3.98. The Morgan fingerprint density at radius 1 is 0.259 bits per heavy atom. The first kappa shape index (κ1) is 64.6. The maximum Gasteiger partial charge on any atom is 0.167 e. The predicted molar refractivity (Wildman–Crippen MR) is 443 cm³/mol. The van der Waals surface area contributed by atoms with Gasteiger partial charge in [0.25, 0.3) is 0 Å². The summed E-state index contributed by atoms with van der Waals surface area (Å²) < 4.78 is 8.64. The van der Waals surface area contributed by atoms with Crippen LogP contribution < -0.4 is 15.3 Å². The number of anilines is 3. The van der Waals surface area contributed by atoms with Crippen molar-refractivity contribution in [1.82, 2.24) is 44.4 Å². The van der Waals surface area contributed by atoms with E-state index in [0.717, 1.165) is 139 Å². The van der Waals surface area contributed by atoms with E-state index in [-0.39, 0.29) is 0 Å². The van der Waals surface area contributed by atoms with Gasteiger partial charge in [0.15, 0.2) is 34.9 Å². The van der Waals surface area contributed by atoms with E-state index in [1.807, 2.05) is 152 Å². The van der Waals surface area contributed by atoms with Gasteiger partial charge >= 0.3 is 0 Å². The Kier molecular flexibility index (Phi) is 16.4. The first-order valence-corrected chi connectivity index (χ1v) is 39.2. The maximum atomic E-state index is 6.39. The minimum absolute atomic E-state index is 0.528. The normalized spacial score (nSPS) is 12.2. The van der Waals surface area contributed by atoms with Gasteiger partial charge in [-0.05, 0) is 92.3 Å². The van der Waals surface area contributed by atoms with Crippen LogP contribution in [-0.4, -0.2) is 52.5 Å². The highest BCUT2D eigenvalue weighted by molar-refractivity contribution is 7.02. The molecular weight excluding hydrogens is 1340 g/mol. The molecule has 13 aromatic carbocycles. The summed E-state index contributed by atoms with van der Waals surface area (Å²) in [4.78, 5) is 44.1. The van der Waals surface area contributed by atoms with Crippen LogP contribution in [0.1, 0.15) is 0 Å². The van der Waals surface area contributed by atoms with Crippen molar-refractivity contribution in [3.63, 3.8) is 0 Å². The third-order valence-electron chi connectivity index (χ3n) is 20.5. The van der Waals surface area contributed by atoms with Crippen LogP contribution in [0.25, 0.3) is 162 Å². The molecule has 1 aliphatic rings. The molecule has 0 amide bonds. The highest BCUT2D eigenvalue weighted by Crippen LogP contribution is 2.47. The minimum atomic E-state index is -2.03. The third-order valence-corrected chi connectivity index (χ3v) is 24.0. The Labute approximate surface area is 625 Å². The number of para-hydroxylation sites is 4. The number of furan rings is 1. The van der Waals surface area contributed by atoms with Crippen LogP contribution in [0.5, 0.6) is 0 Å². The standard InChI is InChI=1S/C50H31N5O.C46H35N5Si/c1-4-16-32(17-5-1)36-22-10-11-23-37(36)35-30-40(49-53-47(33-18-6-2-7-19-33)52-48(54-49)34-20-8-3-9-21-34)50(51-31-35)55-41-26-14-12-24-38(41)45-42(55)28-29-44-46(45)39-25-13-15-27-43(39)56-44;1-52(2)41-28-16-14-26-39(41)51(40-27-15-17-29-42(40)52)46-38(30-35(31-47-46)37-25-13-12-24-36(37)32-18-6-3-7-19-32)45-49-43(33-20-8-4-9-21-33)48-44(50-45)34-22-10-5-11-23-34/h1-31H;3-31H,1-2H3. The van der Waals surface area contributed by atoms with E-state index in [9.17, 15) is 0 Å². The van der Waals surface area contributed by atoms with Crippen molar-refractivity contribution in [3.8, 4) is 119 Å². The smallest absolute Gasteiger partial charge is 0.167 e. The van der Waals surface area contributed by atoms with E-state index < -0.39 is 8.07 Å². The summed E-state index contributed by atoms with van der Waals surface area (Å²) in [5, 5.41) is 7.11. The molecule has 1 aliphatic heterocycles. The van der Waals surface area contributed by atoms with Crippen LogP contribution in [-0.2, 0) is 0 Å². The van der Waals surface area contributed by atoms with Crippen LogP contribution >= 0.6 is 0 Å². The largest absolute Gasteiger partial charge is 0.456 e. The average Bonchev–Trinajstić information content (AvgIpc) is 1.41. The molecule has 510 valence electrons. The number of hydrogen-bond acceptors (Lipinski definition) is 10. The van der Waals surface area contributed by atoms with Gasteiger partial charge in [-0.2, -0.15) is 0 Å². The van der Waals surface area contributed by atoms with Crippen LogP contribution in [0.2, 0.25) is 13.1 Å². The highest BCUT2D eigenvalue weighted by atomic mass is 28.3. The quantitative estimate of drug-likeness (QED) is 0.109. The second kappa shape index (κ2) is 27.4. The van der Waals surface area contributed by atoms with Crippen LogP contribution in [0.15, 0.2) is 369 Å². The lowest BCUT2D eigenvalue weighted by molar-refractivity contribution is 0.669. The summed E-state index contributed by atoms with van der Waals surface area (Å²) in [6, 6.07) is 121. The molecular formula is C96H66N10OSi. The topological polar surface area (TPSA) is 124 Å². The van der Waals surface area contributed by atoms with Crippen molar-refractivity contribution >= 4 is 79.4 Å². The van der Waals surface area contributed by atoms with Crippen LogP contribution in [0, 0.1) is 0 Å². The molecule has 0 spiro atoms. The van der Waals surface area contributed by atoms with E-state index in [4.69, 9.17) is 44.3 Å². The Morgan fingerprint density at radius 3 is 1.07 bits per heavy atom. The van der Waals surface area contributed by atoms with Crippen molar-refractivity contribution in [2.24, 2.45) is 0 Å². The Balaban J connectivity index is 0.000000147. The van der Waals surface area contributed by atoms with Gasteiger partial charge in [0.05, 0.1) is 22.2 Å². The molecule has 0 radical (unpaired) electrons. The van der Waals surface area contributed by atoms with E-state index in [1.165, 1.54) is 10.4 Å². The lowest BCUT2D eigenvalue weighted by Gasteiger charge is -2.40. The maximum absolute atomic E-state index is 6.39. The third kappa shape index (κ3) is 11.7. The van der Waals surface area contributed by atoms with E-state index in [2.05, 4.69) is 235 Å². The van der Waals surface area contributed by atoms with Crippen molar-refractivity contribution in [2.75, 3.05) is 4.90 Å². The molecule has 108 heavy (non-hydrogen) atoms. The molecule has 0 saturated carbocycles. The summed E-state index contributed by atoms with van der Waals surface area (Å²) in [7, 11) is -2.03. The highest BCUT2D eigenvalue weighted by Gasteiger charge is 2.40. The molecule has 7 heterocycles. The number of benzene rings is 13. The number of pyridine rings is 2. The Morgan fingerprint density at radius 2 is 0.611 bits per heavy atom. The number of fused-ring (bicyclic) bond motifs is 9. The minimum Gasteiger partial charge on any atom is -0.456 e. The van der Waals surface area contributed by atoms with Crippen molar-refractivity contribution in [3.05, 3.63) is 364 Å². The fraction of sp³-hybridized carbons (Fsp3) is 0.0208. The molecule has 6 aromatic heterocycles. The molecule has 0 aliphatic carbocycles. The molecule has 11 nitrogen and oxygen atoms in total. The Bertz CT molecular complexity index is 6430. The molecule has 0 fully saturated rings. The molecule has 0 unspecified atom stereocenters. The fourth-order valence-corrected chi connectivity index (χ4v) is 18.3. The SMILES string of the molecule is C[Si]1(C)c2ccccc2N(c2ncc(-c3ccccc3-c3ccccc3)cc2-c2nc(-c3ccccc3)nc(-c3ccccc3)n2)c2ccccc21.c1ccc(-c2nc(-c3ccccc3)nc(-c3cc(-c4ccccc4-c4ccccc4)cnc3-n3c4ccccc4c4c5c(ccc43)oc3ccccc35)n2)cc1. The van der Waals surface area contributed by atoms with E-state index >= 15 is 0 Å². The Hall–Kier alpha value is -14.2. The zero-order chi connectivity index (χ0) is 72.1. The predicted octanol–water partition coefficient (Wildman–Crippen LogP) is 22.8. The molecule has 20 rings (SSSR count). The number of aromatic nitrogens is 9. The average molecular weight is 1400 g/mol. The van der Waals surface area contributed by atoms with Crippen molar-refractivity contribution in [1.29, 1.82) is 0 Å². The van der Waals surface area contributed by atoms with E-state index in [0.29, 0.717) is 40.8 Å². The van der Waals surface area contributed by atoms with Crippen molar-refractivity contribution in [2.45, 2.75) is 13.1 Å². The second-order valence-corrected chi connectivity index (χ2v) is 31.7. The van der Waals surface area contributed by atoms with E-state index in [1.54, 1.807) is 0 Å². The van der Waals surface area contributed by atoms with Crippen LogP contribution in [0.3, 0.4) is 0 Å². The molecule has 0 atom stereocenters. The number of hydrogen-bond donors (Lipinski definition) is 0. The van der Waals surface area contributed by atoms with Gasteiger partial charge < -0.3 is 4.42 Å². The van der Waals surface area contributed by atoms with Crippen LogP contribution in [0.4, 0.5) is 17.2 Å². The lowest BCUT2D eigenvalue weighted by Crippen LogP contribution is -2.58. The number of rotatable bonds is 12. The molecule has 0 N–H and O–H groups in total. The number of nitrogens with zero attached hydrogens (tertiary/aromatic N) is 10. The van der Waals surface area contributed by atoms with Gasteiger partial charge in [0.2, 0.25) is 0 Å². The lowest BCUT2D eigenvalue weighted by atomic mass is 9.94. The summed E-state index contributed by atoms with van der Waals surface area (Å²) in [5.74, 6) is 4.97. The zero-order valence-corrected chi connectivity index (χ0v) is 60.0. The van der Waals surface area contributed by atoms with Crippen molar-refractivity contribution < 1.29 is 4.42 Å². The van der Waals surface area contributed by atoms with Gasteiger partial charge in [-0.15, -0.1) is 0 Å². The first-order chi connectivity index (χ1) is 53.3. The fourth-order valence-electron chi connectivity index (χ4n) is 15.4. The van der Waals surface area contributed by atoms with Gasteiger partial charge in [-0.25, -0.2) is 39.9 Å². The molecule has 0 bridgehead atoms. The summed E-state index contributed by atoms with van der Waals surface area (Å²) in [6.45, 7) is 4.87.